The fourth-order valence-electron chi connectivity index (χ4n) is 11.2. The molecule has 0 aliphatic carbocycles. The third-order valence-corrected chi connectivity index (χ3v) is 19.4. The molecule has 2 unspecified atom stereocenters. The van der Waals surface area contributed by atoms with E-state index in [-0.39, 0.29) is 25.7 Å². The molecule has 3 N–H and O–H groups in total. The first-order valence-corrected chi connectivity index (χ1v) is 44.5. The Hall–Kier alpha value is -4.02. The van der Waals surface area contributed by atoms with E-state index in [9.17, 15) is 43.2 Å². The highest BCUT2D eigenvalue weighted by Crippen LogP contribution is 2.45. The number of carbonyl (C=O) groups excluding carboxylic acids is 4. The van der Waals surface area contributed by atoms with E-state index in [1.54, 1.807) is 0 Å². The lowest BCUT2D eigenvalue weighted by molar-refractivity contribution is -0.161. The lowest BCUT2D eigenvalue weighted by atomic mass is 10.0. The topological polar surface area (TPSA) is 237 Å². The molecule has 0 aromatic carbocycles. The smallest absolute Gasteiger partial charge is 0.462 e. The minimum atomic E-state index is -4.99. The standard InChI is InChI=1S/C85H150O17P2/c1-5-9-13-17-21-25-29-33-37-39-43-45-49-53-57-61-65-69-82(87)95-75-80(101-84(89)71-67-63-59-55-51-47-41-35-31-27-23-19-15-11-7-3)77-99-103(91,92)97-73-79(86)74-98-104(93,94)100-78-81(102-85(90)72-68-64-60-56-52-48-42-36-32-28-24-20-16-12-8-4)76-96-83(88)70-66-62-58-54-50-46-44-40-38-34-30-26-22-18-14-10-6-2/h21,23-25,27-28,33,35-37,41-43,45,53,57,79-81,86H,5-20,22,26,29-32,34,38-40,44,46-52,54-56,58-78H2,1-4H3,(H,91,92)(H,93,94)/b25-21-,27-23-,28-24-,37-33-,41-35-,42-36-,45-43-,57-53-/t79-,80-,81-/m1/s1. The molecule has 0 saturated heterocycles. The van der Waals surface area contributed by atoms with Crippen molar-refractivity contribution in [1.29, 1.82) is 0 Å². The fraction of sp³-hybridized carbons (Fsp3) is 0.765. The van der Waals surface area contributed by atoms with Crippen LogP contribution in [0.3, 0.4) is 0 Å². The minimum absolute atomic E-state index is 0.0673. The third kappa shape index (κ3) is 76.2. The van der Waals surface area contributed by atoms with Crippen LogP contribution in [0.25, 0.3) is 0 Å². The van der Waals surface area contributed by atoms with Gasteiger partial charge in [-0.05, 0) is 128 Å². The van der Waals surface area contributed by atoms with Gasteiger partial charge >= 0.3 is 39.5 Å². The molecule has 0 fully saturated rings. The van der Waals surface area contributed by atoms with Gasteiger partial charge in [-0.3, -0.25) is 37.3 Å². The third-order valence-electron chi connectivity index (χ3n) is 17.5. The van der Waals surface area contributed by atoms with Gasteiger partial charge in [-0.15, -0.1) is 0 Å². The Morgan fingerprint density at radius 2 is 0.481 bits per heavy atom. The van der Waals surface area contributed by atoms with E-state index in [0.717, 1.165) is 135 Å². The van der Waals surface area contributed by atoms with Crippen LogP contribution in [0.4, 0.5) is 0 Å². The lowest BCUT2D eigenvalue weighted by Gasteiger charge is -2.21. The summed E-state index contributed by atoms with van der Waals surface area (Å²) in [6.45, 7) is 4.76. The molecule has 17 nitrogen and oxygen atoms in total. The summed E-state index contributed by atoms with van der Waals surface area (Å²) in [5.41, 5.74) is 0. The van der Waals surface area contributed by atoms with Gasteiger partial charge in [0, 0.05) is 25.7 Å². The molecule has 0 aliphatic rings. The molecule has 0 aliphatic heterocycles. The average molecular weight is 1510 g/mol. The molecule has 104 heavy (non-hydrogen) atoms. The zero-order chi connectivity index (χ0) is 76.0. The van der Waals surface area contributed by atoms with E-state index in [1.165, 1.54) is 141 Å². The molecule has 0 heterocycles. The van der Waals surface area contributed by atoms with Crippen LogP contribution in [0, 0.1) is 0 Å². The minimum Gasteiger partial charge on any atom is -0.462 e. The van der Waals surface area contributed by atoms with Crippen LogP contribution in [-0.2, 0) is 65.4 Å². The van der Waals surface area contributed by atoms with Crippen molar-refractivity contribution in [2.75, 3.05) is 39.6 Å². The summed E-state index contributed by atoms with van der Waals surface area (Å²) in [5.74, 6) is -2.25. The molecule has 0 rings (SSSR count). The van der Waals surface area contributed by atoms with Crippen molar-refractivity contribution in [3.63, 3.8) is 0 Å². The van der Waals surface area contributed by atoms with Crippen LogP contribution in [0.1, 0.15) is 362 Å². The second-order valence-electron chi connectivity index (χ2n) is 27.7. The first-order chi connectivity index (χ1) is 50.7. The summed E-state index contributed by atoms with van der Waals surface area (Å²) < 4.78 is 68.6. The number of carbonyl (C=O) groups is 4. The monoisotopic (exact) mass is 1510 g/mol. The van der Waals surface area contributed by atoms with Gasteiger partial charge in [-0.2, -0.15) is 0 Å². The highest BCUT2D eigenvalue weighted by Gasteiger charge is 2.30. The fourth-order valence-corrected chi connectivity index (χ4v) is 12.7. The lowest BCUT2D eigenvalue weighted by Crippen LogP contribution is -2.30. The van der Waals surface area contributed by atoms with Crippen LogP contribution in [0.2, 0.25) is 0 Å². The molecule has 0 spiro atoms. The number of phosphoric acid groups is 2. The molecular formula is C85H150O17P2. The van der Waals surface area contributed by atoms with Gasteiger partial charge in [0.25, 0.3) is 0 Å². The first-order valence-electron chi connectivity index (χ1n) is 41.5. The number of allylic oxidation sites excluding steroid dienone is 16. The Morgan fingerprint density at radius 3 is 0.779 bits per heavy atom. The second-order valence-corrected chi connectivity index (χ2v) is 30.6. The largest absolute Gasteiger partial charge is 0.472 e. The maximum absolute atomic E-state index is 13.1. The molecular weight excluding hydrogens is 1350 g/mol. The highest BCUT2D eigenvalue weighted by atomic mass is 31.2. The van der Waals surface area contributed by atoms with E-state index in [0.29, 0.717) is 32.1 Å². The first kappa shape index (κ1) is 100.0. The van der Waals surface area contributed by atoms with Crippen molar-refractivity contribution in [2.45, 2.75) is 380 Å². The van der Waals surface area contributed by atoms with E-state index < -0.39 is 97.5 Å². The summed E-state index contributed by atoms with van der Waals surface area (Å²) in [6.07, 6.45) is 82.4. The van der Waals surface area contributed by atoms with Crippen molar-refractivity contribution in [1.82, 2.24) is 0 Å². The number of hydrogen-bond acceptors (Lipinski definition) is 15. The Bertz CT molecular complexity index is 2350. The van der Waals surface area contributed by atoms with Crippen molar-refractivity contribution >= 4 is 39.5 Å². The van der Waals surface area contributed by atoms with Gasteiger partial charge in [0.05, 0.1) is 26.4 Å². The van der Waals surface area contributed by atoms with Crippen LogP contribution in [0.15, 0.2) is 97.2 Å². The second kappa shape index (κ2) is 77.1. The molecule has 0 aromatic rings. The van der Waals surface area contributed by atoms with Gasteiger partial charge in [0.2, 0.25) is 0 Å². The molecule has 5 atom stereocenters. The number of esters is 4. The number of rotatable bonds is 78. The Labute approximate surface area is 633 Å². The Kier molecular flexibility index (Phi) is 74.2. The number of hydrogen-bond donors (Lipinski definition) is 3. The number of aliphatic hydroxyl groups is 1. The predicted molar refractivity (Wildman–Crippen MR) is 427 cm³/mol. The van der Waals surface area contributed by atoms with Crippen molar-refractivity contribution in [3.05, 3.63) is 97.2 Å². The molecule has 0 saturated carbocycles. The van der Waals surface area contributed by atoms with E-state index >= 15 is 0 Å². The molecule has 0 bridgehead atoms. The molecule has 0 aromatic heterocycles. The van der Waals surface area contributed by atoms with Crippen LogP contribution in [-0.4, -0.2) is 96.7 Å². The van der Waals surface area contributed by atoms with Crippen LogP contribution < -0.4 is 0 Å². The van der Waals surface area contributed by atoms with Crippen molar-refractivity contribution < 1.29 is 80.2 Å². The zero-order valence-electron chi connectivity index (χ0n) is 65.9. The van der Waals surface area contributed by atoms with Gasteiger partial charge in [-0.25, -0.2) is 9.13 Å². The number of unbranched alkanes of at least 4 members (excludes halogenated alkanes) is 36. The molecule has 0 amide bonds. The van der Waals surface area contributed by atoms with Crippen LogP contribution >= 0.6 is 15.6 Å². The van der Waals surface area contributed by atoms with Gasteiger partial charge in [0.1, 0.15) is 19.3 Å². The van der Waals surface area contributed by atoms with Crippen LogP contribution in [0.5, 0.6) is 0 Å². The van der Waals surface area contributed by atoms with Crippen molar-refractivity contribution in [2.24, 2.45) is 0 Å². The van der Waals surface area contributed by atoms with Gasteiger partial charge in [-0.1, -0.05) is 305 Å². The van der Waals surface area contributed by atoms with E-state index in [1.807, 2.05) is 12.2 Å². The van der Waals surface area contributed by atoms with Crippen molar-refractivity contribution in [3.8, 4) is 0 Å². The highest BCUT2D eigenvalue weighted by molar-refractivity contribution is 7.47. The number of aliphatic hydroxyl groups excluding tert-OH is 1. The summed E-state index contributed by atoms with van der Waals surface area (Å²) in [6, 6.07) is 0. The maximum atomic E-state index is 13.1. The van der Waals surface area contributed by atoms with Gasteiger partial charge in [0.15, 0.2) is 12.2 Å². The summed E-state index contributed by atoms with van der Waals surface area (Å²) in [4.78, 5) is 73.1. The maximum Gasteiger partial charge on any atom is 0.472 e. The SMILES string of the molecule is CCCCC/C=C\C/C=C\C/C=C\C/C=C\CCCC(=O)OC[C@H](COP(=O)(O)OC[C@@H](O)COP(=O)(O)OC[C@@H](COC(=O)CCCCCCCCCCCCCCCCCCC)OC(=O)CCCCCCC/C=C\C/C=C\CCCCC)OC(=O)CCCCCCC/C=C\C/C=C\CCCCC. The Balaban J connectivity index is 5.40. The Morgan fingerprint density at radius 1 is 0.269 bits per heavy atom. The summed E-state index contributed by atoms with van der Waals surface area (Å²) >= 11 is 0. The zero-order valence-corrected chi connectivity index (χ0v) is 67.7. The average Bonchev–Trinajstić information content (AvgIpc) is 0.937. The van der Waals surface area contributed by atoms with E-state index in [4.69, 9.17) is 37.0 Å². The quantitative estimate of drug-likeness (QED) is 0.0169. The predicted octanol–water partition coefficient (Wildman–Crippen LogP) is 24.3. The molecule has 19 heteroatoms. The summed E-state index contributed by atoms with van der Waals surface area (Å²) in [5, 5.41) is 10.7. The van der Waals surface area contributed by atoms with E-state index in [2.05, 4.69) is 113 Å². The molecule has 602 valence electrons. The summed E-state index contributed by atoms with van der Waals surface area (Å²) in [7, 11) is -9.98. The van der Waals surface area contributed by atoms with Gasteiger partial charge < -0.3 is 33.8 Å². The molecule has 0 radical (unpaired) electrons. The number of ether oxygens (including phenoxy) is 4. The number of phosphoric ester groups is 2. The normalized spacial score (nSPS) is 14.3.